The number of hydrogen-bond acceptors (Lipinski definition) is 3. The van der Waals surface area contributed by atoms with E-state index < -0.39 is 5.91 Å². The first-order valence-corrected chi connectivity index (χ1v) is 8.49. The van der Waals surface area contributed by atoms with E-state index in [1.807, 2.05) is 31.2 Å². The fraction of sp³-hybridized carbons (Fsp3) is 0.158. The lowest BCUT2D eigenvalue weighted by Crippen LogP contribution is -2.24. The van der Waals surface area contributed by atoms with E-state index in [1.165, 1.54) is 6.08 Å². The first-order valence-electron chi connectivity index (χ1n) is 7.70. The zero-order valence-electron chi connectivity index (χ0n) is 13.7. The largest absolute Gasteiger partial charge is 0.484 e. The summed E-state index contributed by atoms with van der Waals surface area (Å²) >= 11 is 3.48. The van der Waals surface area contributed by atoms with Gasteiger partial charge in [0.05, 0.1) is 6.04 Å². The van der Waals surface area contributed by atoms with Crippen LogP contribution in [0, 0.1) is 0 Å². The van der Waals surface area contributed by atoms with Crippen molar-refractivity contribution < 1.29 is 14.3 Å². The Morgan fingerprint density at radius 3 is 2.52 bits per heavy atom. The molecule has 0 aliphatic heterocycles. The van der Waals surface area contributed by atoms with Gasteiger partial charge >= 0.3 is 0 Å². The van der Waals surface area contributed by atoms with Crippen LogP contribution in [0.1, 0.15) is 24.1 Å². The molecule has 25 heavy (non-hydrogen) atoms. The number of benzene rings is 2. The van der Waals surface area contributed by atoms with Gasteiger partial charge in [0, 0.05) is 10.5 Å². The number of amides is 2. The number of hydrogen-bond donors (Lipinski definition) is 2. The molecule has 0 heterocycles. The van der Waals surface area contributed by atoms with Crippen molar-refractivity contribution in [3.8, 4) is 5.75 Å². The number of nitrogens with one attached hydrogen (secondary N) is 1. The van der Waals surface area contributed by atoms with Crippen molar-refractivity contribution in [2.24, 2.45) is 5.73 Å². The highest BCUT2D eigenvalue weighted by Crippen LogP contribution is 2.22. The van der Waals surface area contributed by atoms with Gasteiger partial charge in [-0.3, -0.25) is 9.59 Å². The third-order valence-corrected chi connectivity index (χ3v) is 4.14. The van der Waals surface area contributed by atoms with Crippen LogP contribution in [0.4, 0.5) is 0 Å². The zero-order chi connectivity index (χ0) is 18.2. The van der Waals surface area contributed by atoms with Crippen LogP contribution < -0.4 is 15.8 Å². The van der Waals surface area contributed by atoms with Gasteiger partial charge in [-0.1, -0.05) is 46.3 Å². The molecular formula is C19H19BrN2O3. The molecule has 0 saturated carbocycles. The second-order valence-electron chi connectivity index (χ2n) is 5.41. The normalized spacial score (nSPS) is 11.9. The monoisotopic (exact) mass is 402 g/mol. The van der Waals surface area contributed by atoms with Crippen molar-refractivity contribution in [1.82, 2.24) is 5.32 Å². The summed E-state index contributed by atoms with van der Waals surface area (Å²) in [5, 5.41) is 2.92. The molecule has 0 aromatic heterocycles. The van der Waals surface area contributed by atoms with Gasteiger partial charge in [-0.15, -0.1) is 0 Å². The second-order valence-corrected chi connectivity index (χ2v) is 6.26. The highest BCUT2D eigenvalue weighted by Gasteiger charge is 2.10. The van der Waals surface area contributed by atoms with Gasteiger partial charge in [-0.25, -0.2) is 0 Å². The van der Waals surface area contributed by atoms with E-state index in [9.17, 15) is 9.59 Å². The van der Waals surface area contributed by atoms with Gasteiger partial charge in [0.15, 0.2) is 6.61 Å². The molecule has 2 aromatic rings. The molecule has 2 rings (SSSR count). The molecule has 0 radical (unpaired) electrons. The summed E-state index contributed by atoms with van der Waals surface area (Å²) in [6.07, 6.45) is 3.19. The number of nitrogens with two attached hydrogens (primary N) is 1. The number of primary amides is 1. The molecule has 0 spiro atoms. The number of carbonyl (C=O) groups excluding carboxylic acids is 2. The van der Waals surface area contributed by atoms with Gasteiger partial charge in [-0.05, 0) is 42.3 Å². The van der Waals surface area contributed by atoms with Crippen molar-refractivity contribution in [1.29, 1.82) is 0 Å². The minimum absolute atomic E-state index is 0.114. The molecule has 3 N–H and O–H groups in total. The SMILES string of the molecule is CC(NC(=O)/C=C/c1ccc(OCC(N)=O)cc1)c1ccccc1Br. The third kappa shape index (κ3) is 6.08. The summed E-state index contributed by atoms with van der Waals surface area (Å²) in [5.41, 5.74) is 6.88. The second kappa shape index (κ2) is 9.03. The summed E-state index contributed by atoms with van der Waals surface area (Å²) in [6, 6.07) is 14.7. The molecule has 6 heteroatoms. The minimum atomic E-state index is -0.528. The topological polar surface area (TPSA) is 81.4 Å². The first-order chi connectivity index (χ1) is 12.0. The molecule has 1 atom stereocenters. The quantitative estimate of drug-likeness (QED) is 0.697. The molecule has 0 fully saturated rings. The Labute approximate surface area is 155 Å². The summed E-state index contributed by atoms with van der Waals surface area (Å²) in [7, 11) is 0. The van der Waals surface area contributed by atoms with Crippen LogP contribution in [0.5, 0.6) is 5.75 Å². The molecule has 0 aliphatic rings. The van der Waals surface area contributed by atoms with Gasteiger partial charge in [0.1, 0.15) is 5.75 Å². The average Bonchev–Trinajstić information content (AvgIpc) is 2.59. The maximum absolute atomic E-state index is 12.1. The predicted molar refractivity (Wildman–Crippen MR) is 101 cm³/mol. The molecule has 2 aromatic carbocycles. The lowest BCUT2D eigenvalue weighted by molar-refractivity contribution is -0.120. The van der Waals surface area contributed by atoms with Crippen LogP contribution in [-0.2, 0) is 9.59 Å². The zero-order valence-corrected chi connectivity index (χ0v) is 15.3. The van der Waals surface area contributed by atoms with E-state index in [0.29, 0.717) is 5.75 Å². The van der Waals surface area contributed by atoms with Gasteiger partial charge < -0.3 is 15.8 Å². The van der Waals surface area contributed by atoms with Crippen LogP contribution in [0.25, 0.3) is 6.08 Å². The minimum Gasteiger partial charge on any atom is -0.484 e. The Morgan fingerprint density at radius 2 is 1.88 bits per heavy atom. The van der Waals surface area contributed by atoms with Crippen molar-refractivity contribution in [3.63, 3.8) is 0 Å². The molecule has 0 bridgehead atoms. The molecular weight excluding hydrogens is 384 g/mol. The summed E-state index contributed by atoms with van der Waals surface area (Å²) in [5.74, 6) is -0.167. The Hall–Kier alpha value is -2.60. The van der Waals surface area contributed by atoms with Crippen LogP contribution in [-0.4, -0.2) is 18.4 Å². The predicted octanol–water partition coefficient (Wildman–Crippen LogP) is 3.20. The fourth-order valence-corrected chi connectivity index (χ4v) is 2.80. The van der Waals surface area contributed by atoms with E-state index in [2.05, 4.69) is 21.2 Å². The van der Waals surface area contributed by atoms with E-state index in [4.69, 9.17) is 10.5 Å². The third-order valence-electron chi connectivity index (χ3n) is 3.42. The van der Waals surface area contributed by atoms with Crippen LogP contribution in [0.2, 0.25) is 0 Å². The van der Waals surface area contributed by atoms with Crippen molar-refractivity contribution >= 4 is 33.8 Å². The van der Waals surface area contributed by atoms with E-state index in [-0.39, 0.29) is 18.6 Å². The number of rotatable bonds is 7. The number of ether oxygens (including phenoxy) is 1. The smallest absolute Gasteiger partial charge is 0.255 e. The van der Waals surface area contributed by atoms with Gasteiger partial charge in [-0.2, -0.15) is 0 Å². The van der Waals surface area contributed by atoms with Crippen molar-refractivity contribution in [3.05, 3.63) is 70.2 Å². The Kier molecular flexibility index (Phi) is 6.77. The molecule has 0 aliphatic carbocycles. The van der Waals surface area contributed by atoms with E-state index in [1.54, 1.807) is 30.3 Å². The van der Waals surface area contributed by atoms with Crippen LogP contribution in [0.15, 0.2) is 59.1 Å². The van der Waals surface area contributed by atoms with Gasteiger partial charge in [0.25, 0.3) is 5.91 Å². The fourth-order valence-electron chi connectivity index (χ4n) is 2.17. The van der Waals surface area contributed by atoms with Crippen molar-refractivity contribution in [2.45, 2.75) is 13.0 Å². The van der Waals surface area contributed by atoms with Gasteiger partial charge in [0.2, 0.25) is 5.91 Å². The van der Waals surface area contributed by atoms with Crippen molar-refractivity contribution in [2.75, 3.05) is 6.61 Å². The first kappa shape index (κ1) is 18.7. The maximum Gasteiger partial charge on any atom is 0.255 e. The number of halogens is 1. The standard InChI is InChI=1S/C19H19BrN2O3/c1-13(16-4-2-3-5-17(16)20)22-19(24)11-8-14-6-9-15(10-7-14)25-12-18(21)23/h2-11,13H,12H2,1H3,(H2,21,23)(H,22,24)/b11-8+. The highest BCUT2D eigenvalue weighted by atomic mass is 79.9. The molecule has 2 amide bonds. The Morgan fingerprint density at radius 1 is 1.20 bits per heavy atom. The van der Waals surface area contributed by atoms with Crippen LogP contribution in [0.3, 0.4) is 0 Å². The molecule has 1 unspecified atom stereocenters. The highest BCUT2D eigenvalue weighted by molar-refractivity contribution is 9.10. The molecule has 5 nitrogen and oxygen atoms in total. The number of carbonyl (C=O) groups is 2. The average molecular weight is 403 g/mol. The lowest BCUT2D eigenvalue weighted by Gasteiger charge is -2.14. The lowest BCUT2D eigenvalue weighted by atomic mass is 10.1. The summed E-state index contributed by atoms with van der Waals surface area (Å²) < 4.78 is 6.14. The molecule has 130 valence electrons. The summed E-state index contributed by atoms with van der Waals surface area (Å²) in [4.78, 5) is 22.7. The van der Waals surface area contributed by atoms with Crippen LogP contribution >= 0.6 is 15.9 Å². The Bertz CT molecular complexity index is 772. The summed E-state index contributed by atoms with van der Waals surface area (Å²) in [6.45, 7) is 1.77. The Balaban J connectivity index is 1.91. The molecule has 0 saturated heterocycles. The van der Waals surface area contributed by atoms with E-state index in [0.717, 1.165) is 15.6 Å². The maximum atomic E-state index is 12.1. The van der Waals surface area contributed by atoms with E-state index >= 15 is 0 Å².